The van der Waals surface area contributed by atoms with Gasteiger partial charge in [-0.1, -0.05) is 17.7 Å². The van der Waals surface area contributed by atoms with Crippen molar-refractivity contribution in [2.24, 2.45) is 0 Å². The van der Waals surface area contributed by atoms with Crippen LogP contribution in [0, 0.1) is 11.6 Å². The van der Waals surface area contributed by atoms with Gasteiger partial charge >= 0.3 is 0 Å². The maximum Gasteiger partial charge on any atom is 0.300 e. The van der Waals surface area contributed by atoms with Crippen molar-refractivity contribution in [2.45, 2.75) is 6.04 Å². The first-order valence-corrected chi connectivity index (χ1v) is 9.69. The van der Waals surface area contributed by atoms with E-state index in [1.165, 1.54) is 35.6 Å². The lowest BCUT2D eigenvalue weighted by molar-refractivity contribution is -0.132. The average Bonchev–Trinajstić information content (AvgIpc) is 3.31. The molecule has 0 spiro atoms. The number of aliphatic hydroxyl groups is 1. The van der Waals surface area contributed by atoms with Gasteiger partial charge in [0.05, 0.1) is 11.3 Å². The molecule has 4 nitrogen and oxygen atoms in total. The molecule has 146 valence electrons. The van der Waals surface area contributed by atoms with Crippen molar-refractivity contribution in [1.29, 1.82) is 0 Å². The van der Waals surface area contributed by atoms with E-state index in [1.807, 2.05) is 0 Å². The number of ketones is 1. The zero-order chi connectivity index (χ0) is 20.7. The predicted molar refractivity (Wildman–Crippen MR) is 107 cm³/mol. The van der Waals surface area contributed by atoms with Gasteiger partial charge in [0.15, 0.2) is 0 Å². The quantitative estimate of drug-likeness (QED) is 0.347. The topological polar surface area (TPSA) is 57.6 Å². The molecule has 29 heavy (non-hydrogen) atoms. The van der Waals surface area contributed by atoms with Gasteiger partial charge in [-0.3, -0.25) is 14.5 Å². The number of thiophene rings is 1. The van der Waals surface area contributed by atoms with Crippen LogP contribution in [0.25, 0.3) is 5.76 Å². The Hall–Kier alpha value is -3.03. The average molecular weight is 432 g/mol. The molecular formula is C21H12ClF2NO3S. The molecule has 1 N–H and O–H groups in total. The lowest BCUT2D eigenvalue weighted by Crippen LogP contribution is -2.30. The summed E-state index contributed by atoms with van der Waals surface area (Å²) in [7, 11) is 0. The summed E-state index contributed by atoms with van der Waals surface area (Å²) in [6.45, 7) is 0. The number of halogens is 3. The van der Waals surface area contributed by atoms with Crippen molar-refractivity contribution in [2.75, 3.05) is 4.90 Å². The number of anilines is 1. The van der Waals surface area contributed by atoms with Crippen molar-refractivity contribution < 1.29 is 23.5 Å². The summed E-state index contributed by atoms with van der Waals surface area (Å²) in [5.74, 6) is -4.08. The van der Waals surface area contributed by atoms with Crippen molar-refractivity contribution in [3.63, 3.8) is 0 Å². The highest BCUT2D eigenvalue weighted by atomic mass is 35.5. The van der Waals surface area contributed by atoms with Crippen LogP contribution >= 0.6 is 22.9 Å². The fourth-order valence-electron chi connectivity index (χ4n) is 3.23. The highest BCUT2D eigenvalue weighted by Crippen LogP contribution is 2.44. The minimum Gasteiger partial charge on any atom is -0.507 e. The molecule has 1 fully saturated rings. The molecule has 1 aromatic heterocycles. The van der Waals surface area contributed by atoms with E-state index < -0.39 is 35.1 Å². The Bertz CT molecular complexity index is 1140. The number of hydrogen-bond donors (Lipinski definition) is 1. The zero-order valence-corrected chi connectivity index (χ0v) is 16.2. The molecule has 4 rings (SSSR count). The lowest BCUT2D eigenvalue weighted by Gasteiger charge is -2.24. The Morgan fingerprint density at radius 3 is 2.45 bits per heavy atom. The third-order valence-electron chi connectivity index (χ3n) is 4.54. The molecule has 1 atom stereocenters. The molecule has 8 heteroatoms. The summed E-state index contributed by atoms with van der Waals surface area (Å²) < 4.78 is 28.3. The molecule has 1 unspecified atom stereocenters. The number of rotatable bonds is 3. The second kappa shape index (κ2) is 7.42. The minimum absolute atomic E-state index is 0.205. The molecular weight excluding hydrogens is 420 g/mol. The fraction of sp³-hybridized carbons (Fsp3) is 0.0476. The first kappa shape index (κ1) is 19.3. The van der Waals surface area contributed by atoms with Gasteiger partial charge in [-0.05, 0) is 47.8 Å². The summed E-state index contributed by atoms with van der Waals surface area (Å²) in [6.07, 6.45) is 0. The van der Waals surface area contributed by atoms with Gasteiger partial charge in [0.1, 0.15) is 23.4 Å². The second-order valence-electron chi connectivity index (χ2n) is 6.29. The van der Waals surface area contributed by atoms with Crippen LogP contribution in [-0.2, 0) is 9.59 Å². The smallest absolute Gasteiger partial charge is 0.300 e. The largest absolute Gasteiger partial charge is 0.507 e. The molecule has 0 radical (unpaired) electrons. The fourth-order valence-corrected chi connectivity index (χ4v) is 4.18. The van der Waals surface area contributed by atoms with Gasteiger partial charge in [-0.25, -0.2) is 8.78 Å². The van der Waals surface area contributed by atoms with Gasteiger partial charge in [0.25, 0.3) is 11.7 Å². The van der Waals surface area contributed by atoms with Crippen LogP contribution in [0.1, 0.15) is 16.5 Å². The molecule has 3 aromatic rings. The molecule has 1 amide bonds. The number of benzene rings is 2. The Morgan fingerprint density at radius 2 is 1.79 bits per heavy atom. The molecule has 2 aromatic carbocycles. The van der Waals surface area contributed by atoms with Gasteiger partial charge < -0.3 is 5.11 Å². The van der Waals surface area contributed by atoms with Crippen LogP contribution in [0.15, 0.2) is 65.6 Å². The van der Waals surface area contributed by atoms with E-state index in [9.17, 15) is 23.5 Å². The molecule has 0 saturated carbocycles. The molecule has 0 aliphatic carbocycles. The van der Waals surface area contributed by atoms with Crippen molar-refractivity contribution in [3.8, 4) is 0 Å². The highest BCUT2D eigenvalue weighted by Gasteiger charge is 2.48. The molecule has 1 aliphatic rings. The highest BCUT2D eigenvalue weighted by molar-refractivity contribution is 7.10. The van der Waals surface area contributed by atoms with E-state index in [4.69, 9.17) is 11.6 Å². The summed E-state index contributed by atoms with van der Waals surface area (Å²) in [6, 6.07) is 11.0. The van der Waals surface area contributed by atoms with Gasteiger partial charge in [0.2, 0.25) is 0 Å². The first-order valence-electron chi connectivity index (χ1n) is 8.44. The Labute approximate surface area is 173 Å². The summed E-state index contributed by atoms with van der Waals surface area (Å²) >= 11 is 7.09. The number of amides is 1. The zero-order valence-electron chi connectivity index (χ0n) is 14.6. The van der Waals surface area contributed by atoms with E-state index in [2.05, 4.69) is 0 Å². The summed E-state index contributed by atoms with van der Waals surface area (Å²) in [4.78, 5) is 27.0. The monoisotopic (exact) mass is 431 g/mol. The normalized spacial score (nSPS) is 18.4. The number of carbonyl (C=O) groups excluding carboxylic acids is 2. The Morgan fingerprint density at radius 1 is 1.07 bits per heavy atom. The van der Waals surface area contributed by atoms with Crippen LogP contribution in [-0.4, -0.2) is 16.8 Å². The molecule has 1 saturated heterocycles. The number of Topliss-reactive ketones (excluding diaryl/α,β-unsaturated/α-hetero) is 1. The minimum atomic E-state index is -1.10. The van der Waals surface area contributed by atoms with Crippen molar-refractivity contribution in [1.82, 2.24) is 0 Å². The number of hydrogen-bond acceptors (Lipinski definition) is 4. The predicted octanol–water partition coefficient (Wildman–Crippen LogP) is 5.31. The van der Waals surface area contributed by atoms with Crippen molar-refractivity contribution >= 4 is 46.1 Å². The number of nitrogens with zero attached hydrogens (tertiary/aromatic N) is 1. The second-order valence-corrected chi connectivity index (χ2v) is 7.70. The van der Waals surface area contributed by atoms with E-state index in [0.717, 1.165) is 23.1 Å². The number of aliphatic hydroxyl groups excluding tert-OH is 1. The summed E-state index contributed by atoms with van der Waals surface area (Å²) in [5, 5.41) is 13.0. The SMILES string of the molecule is O=C1C(=O)N(c2cc(F)ccc2F)C(c2cccs2)/C1=C(/O)c1ccc(Cl)cc1. The Kier molecular flexibility index (Phi) is 4.94. The van der Waals surface area contributed by atoms with E-state index in [0.29, 0.717) is 9.90 Å². The standard InChI is InChI=1S/C21H12ClF2NO3S/c22-12-5-3-11(4-6-12)19(26)17-18(16-2-1-9-29-16)25(21(28)20(17)27)15-10-13(23)7-8-14(15)24/h1-10,18,26H/b19-17-. The third kappa shape index (κ3) is 3.32. The van der Waals surface area contributed by atoms with Crippen molar-refractivity contribution in [3.05, 3.63) is 92.6 Å². The van der Waals surface area contributed by atoms with E-state index >= 15 is 0 Å². The van der Waals surface area contributed by atoms with Gasteiger partial charge in [-0.15, -0.1) is 11.3 Å². The van der Waals surface area contributed by atoms with E-state index in [1.54, 1.807) is 17.5 Å². The van der Waals surface area contributed by atoms with Gasteiger partial charge in [-0.2, -0.15) is 0 Å². The Balaban J connectivity index is 1.95. The number of carbonyl (C=O) groups is 2. The maximum absolute atomic E-state index is 14.5. The molecule has 1 aliphatic heterocycles. The van der Waals surface area contributed by atoms with Crippen LogP contribution in [0.3, 0.4) is 0 Å². The molecule has 2 heterocycles. The van der Waals surface area contributed by atoms with Crippen LogP contribution in [0.5, 0.6) is 0 Å². The lowest BCUT2D eigenvalue weighted by atomic mass is 9.99. The maximum atomic E-state index is 14.5. The van der Waals surface area contributed by atoms with Gasteiger partial charge in [0, 0.05) is 21.5 Å². The third-order valence-corrected chi connectivity index (χ3v) is 5.72. The molecule has 0 bridgehead atoms. The van der Waals surface area contributed by atoms with E-state index in [-0.39, 0.29) is 16.8 Å². The first-order chi connectivity index (χ1) is 13.9. The van der Waals surface area contributed by atoms with Crippen LogP contribution in [0.4, 0.5) is 14.5 Å². The van der Waals surface area contributed by atoms with Crippen LogP contribution in [0.2, 0.25) is 5.02 Å². The summed E-state index contributed by atoms with van der Waals surface area (Å²) in [5.41, 5.74) is -0.308. The van der Waals surface area contributed by atoms with Crippen LogP contribution < -0.4 is 4.90 Å².